The van der Waals surface area contributed by atoms with Crippen LogP contribution in [0.5, 0.6) is 0 Å². The molecule has 6 unspecified atom stereocenters. The number of hydrogen-bond acceptors (Lipinski definition) is 20. The van der Waals surface area contributed by atoms with Gasteiger partial charge < -0.3 is 47.4 Å². The Morgan fingerprint density at radius 1 is 0.178 bits per heavy atom. The lowest BCUT2D eigenvalue weighted by Gasteiger charge is -2.32. The van der Waals surface area contributed by atoms with Crippen LogP contribution in [0.1, 0.15) is 661 Å². The molecule has 0 aliphatic rings. The summed E-state index contributed by atoms with van der Waals surface area (Å²) >= 11 is 0. The van der Waals surface area contributed by atoms with Crippen molar-refractivity contribution in [2.24, 2.45) is 22.7 Å². The summed E-state index contributed by atoms with van der Waals surface area (Å²) < 4.78 is 61.2. The van der Waals surface area contributed by atoms with Gasteiger partial charge in [-0.3, -0.25) is 47.9 Å². The van der Waals surface area contributed by atoms with Gasteiger partial charge in [0.2, 0.25) is 0 Å². The normalized spacial score (nSPS) is 13.6. The Bertz CT molecular complexity index is 2870. The maximum absolute atomic E-state index is 14.6. The van der Waals surface area contributed by atoms with Crippen LogP contribution in [0.2, 0.25) is 0 Å². The summed E-state index contributed by atoms with van der Waals surface area (Å²) in [4.78, 5) is 136. The van der Waals surface area contributed by atoms with Crippen molar-refractivity contribution in [3.05, 3.63) is 0 Å². The van der Waals surface area contributed by atoms with Crippen LogP contribution < -0.4 is 0 Å². The Morgan fingerprint density at radius 2 is 0.342 bits per heavy atom. The Morgan fingerprint density at radius 3 is 0.521 bits per heavy atom. The molecule has 0 radical (unpaired) electrons. The molecular weight excluding hydrogens is 1830 g/mol. The zero-order chi connectivity index (χ0) is 107. The number of esters is 10. The van der Waals surface area contributed by atoms with E-state index in [1.165, 1.54) is 154 Å². The first-order valence-electron chi connectivity index (χ1n) is 62.8. The number of hydrogen-bond donors (Lipinski definition) is 0. The average Bonchev–Trinajstić information content (AvgIpc) is 0.855. The molecule has 146 heavy (non-hydrogen) atoms. The first-order chi connectivity index (χ1) is 71.1. The molecule has 0 bridgehead atoms. The zero-order valence-corrected chi connectivity index (χ0v) is 97.5. The molecule has 20 nitrogen and oxygen atoms in total. The Balaban J connectivity index is 6.66. The monoisotopic (exact) mass is 2070 g/mol. The summed E-state index contributed by atoms with van der Waals surface area (Å²) in [6.45, 7) is 24.6. The molecular formula is C126H234O20. The van der Waals surface area contributed by atoms with Crippen LogP contribution in [0.15, 0.2) is 0 Å². The predicted octanol–water partition coefficient (Wildman–Crippen LogP) is 36.4. The van der Waals surface area contributed by atoms with Crippen LogP contribution >= 0.6 is 0 Å². The first kappa shape index (κ1) is 141. The fourth-order valence-electron chi connectivity index (χ4n) is 19.7. The molecule has 858 valence electrons. The smallest absolute Gasteiger partial charge is 0.308 e. The third kappa shape index (κ3) is 88.2. The van der Waals surface area contributed by atoms with Crippen molar-refractivity contribution in [2.45, 2.75) is 685 Å². The molecule has 0 aromatic heterocycles. The number of unbranched alkanes of at least 4 members (excludes halogenated alkanes) is 56. The van der Waals surface area contributed by atoms with Crippen molar-refractivity contribution in [3.8, 4) is 0 Å². The highest BCUT2D eigenvalue weighted by Gasteiger charge is 2.38. The van der Waals surface area contributed by atoms with E-state index < -0.39 is 28.7 Å². The minimum absolute atomic E-state index is 0.00849. The van der Waals surface area contributed by atoms with Crippen LogP contribution in [-0.2, 0) is 95.3 Å². The molecule has 0 aromatic rings. The highest BCUT2D eigenvalue weighted by molar-refractivity contribution is 5.74. The van der Waals surface area contributed by atoms with Gasteiger partial charge in [0, 0.05) is 57.8 Å². The van der Waals surface area contributed by atoms with Gasteiger partial charge in [-0.15, -0.1) is 0 Å². The Hall–Kier alpha value is -5.30. The molecule has 0 rings (SSSR count). The first-order valence-corrected chi connectivity index (χ1v) is 62.8. The summed E-state index contributed by atoms with van der Waals surface area (Å²) in [6, 6.07) is 0. The van der Waals surface area contributed by atoms with Gasteiger partial charge in [-0.25, -0.2) is 0 Å². The van der Waals surface area contributed by atoms with Crippen LogP contribution in [0.4, 0.5) is 0 Å². The fraction of sp³-hybridized carbons (Fsp3) is 0.921. The topological polar surface area (TPSA) is 263 Å². The maximum atomic E-state index is 14.6. The minimum atomic E-state index is -1.05. The fourth-order valence-corrected chi connectivity index (χ4v) is 19.7. The number of rotatable bonds is 113. The lowest BCUT2D eigenvalue weighted by Crippen LogP contribution is -2.40. The SMILES string of the molecule is CCCCCCCCCC(CCCCCCCC(=O)OCC(CC)(COC(=O)CCCCCCCC(CCCCCCCCC)OC(=O)CCCCCCC)COC(=O)CC(CC)CC(CC)C(=O)OCC(CC)(COC(=O)CCCCCCCC(CCCCCCCCC)OC(=O)CCCCCCC)COC(=O)CCCCCCCC(CCCCCCCCC)OC(=O)CCCCCCC)OC(=O)CCCCCCC. The van der Waals surface area contributed by atoms with Gasteiger partial charge in [0.05, 0.1) is 16.7 Å². The second-order valence-corrected chi connectivity index (χ2v) is 44.4. The van der Waals surface area contributed by atoms with E-state index in [1.807, 2.05) is 27.7 Å². The Labute approximate surface area is 897 Å². The van der Waals surface area contributed by atoms with Crippen molar-refractivity contribution < 1.29 is 95.3 Å². The molecule has 0 aliphatic heterocycles. The van der Waals surface area contributed by atoms with E-state index in [2.05, 4.69) is 55.4 Å². The van der Waals surface area contributed by atoms with E-state index in [9.17, 15) is 47.9 Å². The van der Waals surface area contributed by atoms with Crippen molar-refractivity contribution in [1.29, 1.82) is 0 Å². The molecule has 0 N–H and O–H groups in total. The molecule has 0 fully saturated rings. The van der Waals surface area contributed by atoms with Crippen molar-refractivity contribution in [2.75, 3.05) is 39.6 Å². The van der Waals surface area contributed by atoms with Gasteiger partial charge in [-0.1, -0.05) is 423 Å². The van der Waals surface area contributed by atoms with Crippen molar-refractivity contribution in [3.63, 3.8) is 0 Å². The summed E-state index contributed by atoms with van der Waals surface area (Å²) in [5.74, 6) is -3.67. The standard InChI is InChI=1S/C126H234O20/c1-13-25-33-41-45-57-69-85-111(143-119(131)97-81-53-37-29-17-5)89-73-61-49-65-77-93-115(127)137-103-125(23-11,104-138-116(128)94-78-66-50-62-74-90-112(86-70-58-46-42-34-26-14-2)144-120(132)98-82-54-38-30-18-6)107-141-123(135)102-109(21-9)101-110(22-10)124(136)142-108-126(24-12,105-139-117(129)95-79-67-51-63-75-91-113(87-71-59-47-43-35-27-15-3)145-121(133)99-83-55-39-31-19-7)106-140-118(130)96-80-68-52-64-76-92-114(88-72-60-48-44-36-28-16-4)146-122(134)100-84-56-40-32-20-8/h109-114H,13-108H2,1-12H3. The van der Waals surface area contributed by atoms with E-state index in [0.29, 0.717) is 83.5 Å². The van der Waals surface area contributed by atoms with Crippen LogP contribution in [-0.4, -0.2) is 124 Å². The second-order valence-electron chi connectivity index (χ2n) is 44.4. The van der Waals surface area contributed by atoms with Crippen LogP contribution in [0.3, 0.4) is 0 Å². The molecule has 6 atom stereocenters. The van der Waals surface area contributed by atoms with Crippen molar-refractivity contribution >= 4 is 59.7 Å². The van der Waals surface area contributed by atoms with Gasteiger partial charge in [0.15, 0.2) is 0 Å². The molecule has 0 heterocycles. The summed E-state index contributed by atoms with van der Waals surface area (Å²) in [5, 5.41) is 0. The number of carbonyl (C=O) groups is 10. The van der Waals surface area contributed by atoms with Gasteiger partial charge in [-0.2, -0.15) is 0 Å². The van der Waals surface area contributed by atoms with E-state index >= 15 is 0 Å². The summed E-state index contributed by atoms with van der Waals surface area (Å²) in [6.07, 6.45) is 84.1. The lowest BCUT2D eigenvalue weighted by molar-refractivity contribution is -0.167. The summed E-state index contributed by atoms with van der Waals surface area (Å²) in [7, 11) is 0. The Kier molecular flexibility index (Phi) is 100. The molecule has 0 aliphatic carbocycles. The summed E-state index contributed by atoms with van der Waals surface area (Å²) in [5.41, 5.74) is -2.10. The van der Waals surface area contributed by atoms with Crippen LogP contribution in [0.25, 0.3) is 0 Å². The van der Waals surface area contributed by atoms with E-state index in [1.54, 1.807) is 0 Å². The van der Waals surface area contributed by atoms with Gasteiger partial charge in [-0.05, 0) is 186 Å². The van der Waals surface area contributed by atoms with Crippen molar-refractivity contribution in [1.82, 2.24) is 0 Å². The predicted molar refractivity (Wildman–Crippen MR) is 601 cm³/mol. The van der Waals surface area contributed by atoms with E-state index in [0.717, 1.165) is 308 Å². The molecule has 0 amide bonds. The average molecular weight is 2070 g/mol. The zero-order valence-electron chi connectivity index (χ0n) is 97.5. The van der Waals surface area contributed by atoms with Gasteiger partial charge >= 0.3 is 59.7 Å². The molecule has 0 saturated heterocycles. The van der Waals surface area contributed by atoms with Gasteiger partial charge in [0.25, 0.3) is 0 Å². The molecule has 0 aromatic carbocycles. The lowest BCUT2D eigenvalue weighted by atomic mass is 9.86. The molecule has 0 spiro atoms. The number of carbonyl (C=O) groups excluding carboxylic acids is 10. The second kappa shape index (κ2) is 104. The van der Waals surface area contributed by atoms with E-state index in [-0.39, 0.29) is 150 Å². The molecule has 0 saturated carbocycles. The highest BCUT2D eigenvalue weighted by Crippen LogP contribution is 2.33. The quantitative estimate of drug-likeness (QED) is 0.0311. The maximum Gasteiger partial charge on any atom is 0.308 e. The number of ether oxygens (including phenoxy) is 10. The third-order valence-corrected chi connectivity index (χ3v) is 30.5. The van der Waals surface area contributed by atoms with Gasteiger partial charge in [0.1, 0.15) is 64.1 Å². The highest BCUT2D eigenvalue weighted by atomic mass is 16.6. The minimum Gasteiger partial charge on any atom is -0.465 e. The molecule has 20 heteroatoms. The van der Waals surface area contributed by atoms with Crippen LogP contribution in [0, 0.1) is 22.7 Å². The third-order valence-electron chi connectivity index (χ3n) is 30.5. The largest absolute Gasteiger partial charge is 0.465 e. The van der Waals surface area contributed by atoms with E-state index in [4.69, 9.17) is 47.4 Å².